The Bertz CT molecular complexity index is 1150. The third-order valence-electron chi connectivity index (χ3n) is 5.27. The highest BCUT2D eigenvalue weighted by Gasteiger charge is 2.32. The predicted octanol–water partition coefficient (Wildman–Crippen LogP) is 6.12. The Hall–Kier alpha value is -3.15. The largest absolute Gasteiger partial charge is 0.416 e. The van der Waals surface area contributed by atoms with Crippen LogP contribution in [-0.2, 0) is 12.6 Å². The van der Waals surface area contributed by atoms with Crippen LogP contribution in [0.15, 0.2) is 48.5 Å². The van der Waals surface area contributed by atoms with E-state index in [-0.39, 0.29) is 11.7 Å². The number of alkyl halides is 3. The first-order chi connectivity index (χ1) is 13.8. The summed E-state index contributed by atoms with van der Waals surface area (Å²) >= 11 is 0. The Labute approximate surface area is 166 Å². The number of hydrogen-bond donors (Lipinski definition) is 3. The number of fused-ring (bicyclic) bond motifs is 2. The molecule has 4 rings (SSSR count). The van der Waals surface area contributed by atoms with E-state index in [0.29, 0.717) is 22.3 Å². The van der Waals surface area contributed by atoms with E-state index in [4.69, 9.17) is 10.8 Å². The lowest BCUT2D eigenvalue weighted by molar-refractivity contribution is -0.137. The fourth-order valence-corrected chi connectivity index (χ4v) is 3.84. The van der Waals surface area contributed by atoms with Gasteiger partial charge >= 0.3 is 6.18 Å². The molecule has 1 aliphatic heterocycles. The van der Waals surface area contributed by atoms with Crippen molar-refractivity contribution in [3.63, 3.8) is 0 Å². The monoisotopic (exact) mass is 395 g/mol. The van der Waals surface area contributed by atoms with Gasteiger partial charge in [-0.15, -0.1) is 0 Å². The number of nitrogens with one attached hydrogen (secondary N) is 3. The summed E-state index contributed by atoms with van der Waals surface area (Å²) in [4.78, 5) is 0. The highest BCUT2D eigenvalue weighted by Crippen LogP contribution is 2.39. The summed E-state index contributed by atoms with van der Waals surface area (Å²) in [6.07, 6.45) is -1.49. The first-order valence-electron chi connectivity index (χ1n) is 9.51. The molecular formula is C23H20F3N3. The average molecular weight is 395 g/mol. The number of halogens is 3. The minimum absolute atomic E-state index is 0.0401. The lowest BCUT2D eigenvalue weighted by Gasteiger charge is -2.15. The fraction of sp³-hybridized carbons (Fsp3) is 0.217. The number of amidine groups is 2. The van der Waals surface area contributed by atoms with Crippen molar-refractivity contribution in [1.29, 1.82) is 10.8 Å². The zero-order valence-corrected chi connectivity index (χ0v) is 15.9. The minimum atomic E-state index is -4.45. The van der Waals surface area contributed by atoms with Crippen LogP contribution in [0.1, 0.15) is 42.0 Å². The summed E-state index contributed by atoms with van der Waals surface area (Å²) in [7, 11) is 0. The van der Waals surface area contributed by atoms with Crippen LogP contribution < -0.4 is 5.32 Å². The molecule has 0 bridgehead atoms. The molecule has 3 N–H and O–H groups in total. The van der Waals surface area contributed by atoms with Crippen molar-refractivity contribution in [3.05, 3.63) is 70.8 Å². The Morgan fingerprint density at radius 3 is 2.45 bits per heavy atom. The number of unbranched alkanes of at least 4 members (excludes halogenated alkanes) is 1. The maximum atomic E-state index is 13.3. The van der Waals surface area contributed by atoms with E-state index in [1.54, 1.807) is 6.07 Å². The van der Waals surface area contributed by atoms with Crippen LogP contribution in [0, 0.1) is 10.8 Å². The average Bonchev–Trinajstić information content (AvgIpc) is 2.97. The van der Waals surface area contributed by atoms with Gasteiger partial charge < -0.3 is 5.32 Å². The van der Waals surface area contributed by atoms with Crippen LogP contribution in [-0.4, -0.2) is 11.7 Å². The third kappa shape index (κ3) is 3.39. The van der Waals surface area contributed by atoms with Gasteiger partial charge in [0.15, 0.2) is 0 Å². The van der Waals surface area contributed by atoms with E-state index in [0.717, 1.165) is 47.7 Å². The van der Waals surface area contributed by atoms with Crippen molar-refractivity contribution >= 4 is 22.4 Å². The Kier molecular flexibility index (Phi) is 4.65. The summed E-state index contributed by atoms with van der Waals surface area (Å²) in [6, 6.07) is 13.0. The Balaban J connectivity index is 2.03. The Morgan fingerprint density at radius 1 is 0.931 bits per heavy atom. The molecule has 0 spiro atoms. The van der Waals surface area contributed by atoms with Crippen LogP contribution in [0.2, 0.25) is 0 Å². The van der Waals surface area contributed by atoms with Gasteiger partial charge in [0.05, 0.1) is 5.56 Å². The summed E-state index contributed by atoms with van der Waals surface area (Å²) < 4.78 is 40.0. The molecule has 6 heteroatoms. The molecule has 3 aromatic carbocycles. The molecule has 1 aliphatic rings. The minimum Gasteiger partial charge on any atom is -0.325 e. The van der Waals surface area contributed by atoms with E-state index >= 15 is 0 Å². The predicted molar refractivity (Wildman–Crippen MR) is 110 cm³/mol. The summed E-state index contributed by atoms with van der Waals surface area (Å²) in [5, 5.41) is 20.8. The number of rotatable bonds is 4. The van der Waals surface area contributed by atoms with Gasteiger partial charge in [0.1, 0.15) is 11.7 Å². The van der Waals surface area contributed by atoms with Crippen LogP contribution in [0.3, 0.4) is 0 Å². The molecule has 3 nitrogen and oxygen atoms in total. The van der Waals surface area contributed by atoms with Gasteiger partial charge in [0.2, 0.25) is 0 Å². The molecule has 3 aromatic rings. The maximum absolute atomic E-state index is 13.3. The SMILES string of the molecule is CCCCc1ccc2cc3c(c(-c4cccc(C(F)(F)F)c4)c2c1)C(=N)NC3=N. The van der Waals surface area contributed by atoms with E-state index in [1.165, 1.54) is 6.07 Å². The van der Waals surface area contributed by atoms with Gasteiger partial charge in [-0.2, -0.15) is 13.2 Å². The van der Waals surface area contributed by atoms with Gasteiger partial charge in [-0.3, -0.25) is 10.8 Å². The lowest BCUT2D eigenvalue weighted by atomic mass is 9.88. The van der Waals surface area contributed by atoms with Crippen molar-refractivity contribution in [2.75, 3.05) is 0 Å². The molecule has 0 aromatic heterocycles. The topological polar surface area (TPSA) is 59.7 Å². The molecule has 0 amide bonds. The molecule has 29 heavy (non-hydrogen) atoms. The van der Waals surface area contributed by atoms with Crippen LogP contribution >= 0.6 is 0 Å². The molecule has 0 radical (unpaired) electrons. The molecule has 148 valence electrons. The molecule has 0 aliphatic carbocycles. The van der Waals surface area contributed by atoms with Crippen molar-refractivity contribution < 1.29 is 13.2 Å². The molecule has 0 saturated heterocycles. The third-order valence-corrected chi connectivity index (χ3v) is 5.27. The van der Waals surface area contributed by atoms with Gasteiger partial charge in [0.25, 0.3) is 0 Å². The smallest absolute Gasteiger partial charge is 0.325 e. The second kappa shape index (κ2) is 7.03. The second-order valence-corrected chi connectivity index (χ2v) is 7.29. The fourth-order valence-electron chi connectivity index (χ4n) is 3.84. The van der Waals surface area contributed by atoms with Crippen molar-refractivity contribution in [1.82, 2.24) is 5.32 Å². The number of hydrogen-bond acceptors (Lipinski definition) is 2. The quantitative estimate of drug-likeness (QED) is 0.489. The first-order valence-corrected chi connectivity index (χ1v) is 9.51. The van der Waals surface area contributed by atoms with E-state index in [9.17, 15) is 13.2 Å². The lowest BCUT2D eigenvalue weighted by Crippen LogP contribution is -2.20. The van der Waals surface area contributed by atoms with E-state index < -0.39 is 11.7 Å². The van der Waals surface area contributed by atoms with Crippen molar-refractivity contribution in [3.8, 4) is 11.1 Å². The number of benzene rings is 3. The maximum Gasteiger partial charge on any atom is 0.416 e. The van der Waals surface area contributed by atoms with Gasteiger partial charge in [-0.25, -0.2) is 0 Å². The molecular weight excluding hydrogens is 375 g/mol. The van der Waals surface area contributed by atoms with E-state index in [2.05, 4.69) is 12.2 Å². The zero-order valence-electron chi connectivity index (χ0n) is 15.9. The van der Waals surface area contributed by atoms with Gasteiger partial charge in [0, 0.05) is 16.7 Å². The van der Waals surface area contributed by atoms with Gasteiger partial charge in [-0.05, 0) is 52.9 Å². The summed E-state index contributed by atoms with van der Waals surface area (Å²) in [5.74, 6) is 0.133. The zero-order chi connectivity index (χ0) is 20.8. The highest BCUT2D eigenvalue weighted by molar-refractivity contribution is 6.28. The van der Waals surface area contributed by atoms with Crippen LogP contribution in [0.25, 0.3) is 21.9 Å². The normalized spacial score (nSPS) is 13.7. The first kappa shape index (κ1) is 19.2. The summed E-state index contributed by atoms with van der Waals surface area (Å²) in [5.41, 5.74) is 2.37. The molecule has 0 fully saturated rings. The molecule has 0 unspecified atom stereocenters. The van der Waals surface area contributed by atoms with Crippen LogP contribution in [0.5, 0.6) is 0 Å². The molecule has 0 atom stereocenters. The van der Waals surface area contributed by atoms with Crippen LogP contribution in [0.4, 0.5) is 13.2 Å². The standard InChI is InChI=1S/C23H20F3N3/c1-2-3-5-13-8-9-14-12-18-20(22(28)29-21(18)27)19(17(14)10-13)15-6-4-7-16(11-15)23(24,25)26/h4,6-12H,2-3,5H2,1H3,(H3,27,28,29). The van der Waals surface area contributed by atoms with Gasteiger partial charge in [-0.1, -0.05) is 43.7 Å². The number of aryl methyl sites for hydroxylation is 1. The van der Waals surface area contributed by atoms with E-state index in [1.807, 2.05) is 24.3 Å². The molecule has 1 heterocycles. The highest BCUT2D eigenvalue weighted by atomic mass is 19.4. The summed E-state index contributed by atoms with van der Waals surface area (Å²) in [6.45, 7) is 2.11. The second-order valence-electron chi connectivity index (χ2n) is 7.29. The van der Waals surface area contributed by atoms with Crippen molar-refractivity contribution in [2.45, 2.75) is 32.4 Å². The van der Waals surface area contributed by atoms with Crippen molar-refractivity contribution in [2.24, 2.45) is 0 Å². The molecule has 0 saturated carbocycles. The Morgan fingerprint density at radius 2 is 1.72 bits per heavy atom.